The summed E-state index contributed by atoms with van der Waals surface area (Å²) < 4.78 is 15.6. The van der Waals surface area contributed by atoms with Crippen LogP contribution in [-0.2, 0) is 0 Å². The lowest BCUT2D eigenvalue weighted by atomic mass is 9.77. The number of allylic oxidation sites excluding steroid dienone is 3. The fourth-order valence-electron chi connectivity index (χ4n) is 11.0. The quantitative estimate of drug-likeness (QED) is 0.153. The predicted octanol–water partition coefficient (Wildman–Crippen LogP) is 17.5. The van der Waals surface area contributed by atoms with Crippen LogP contribution in [0.25, 0.3) is 88.2 Å². The van der Waals surface area contributed by atoms with Crippen molar-refractivity contribution in [1.29, 1.82) is 0 Å². The number of fused-ring (bicyclic) bond motifs is 7. The Balaban J connectivity index is 1.01. The highest BCUT2D eigenvalue weighted by Crippen LogP contribution is 2.48. The third kappa shape index (κ3) is 6.94. The molecule has 4 heteroatoms. The van der Waals surface area contributed by atoms with E-state index in [0.717, 1.165) is 80.5 Å². The second-order valence-electron chi connectivity index (χ2n) is 17.9. The van der Waals surface area contributed by atoms with Crippen molar-refractivity contribution in [2.45, 2.75) is 46.1 Å². The van der Waals surface area contributed by atoms with Crippen LogP contribution in [0.2, 0.25) is 0 Å². The van der Waals surface area contributed by atoms with Crippen molar-refractivity contribution in [3.8, 4) is 27.9 Å². The lowest BCUT2D eigenvalue weighted by molar-refractivity contribution is 0.491. The molecule has 0 spiro atoms. The van der Waals surface area contributed by atoms with Gasteiger partial charge in [-0.15, -0.1) is 0 Å². The molecule has 4 heterocycles. The van der Waals surface area contributed by atoms with E-state index < -0.39 is 0 Å². The van der Waals surface area contributed by atoms with Crippen molar-refractivity contribution >= 4 is 66.0 Å². The maximum absolute atomic E-state index is 6.76. The molecule has 0 bridgehead atoms. The number of rotatable bonds is 8. The first kappa shape index (κ1) is 40.6. The predicted molar refractivity (Wildman–Crippen MR) is 280 cm³/mol. The summed E-state index contributed by atoms with van der Waals surface area (Å²) in [6, 6.07) is 67.5. The monoisotopic (exact) mass is 866 g/mol. The lowest BCUT2D eigenvalue weighted by Gasteiger charge is -2.31. The van der Waals surface area contributed by atoms with Gasteiger partial charge in [-0.05, 0) is 132 Å². The van der Waals surface area contributed by atoms with E-state index in [1.165, 1.54) is 60.8 Å². The number of para-hydroxylation sites is 2. The Kier molecular flexibility index (Phi) is 10.2. The fraction of sp³-hybridized carbons (Fsp3) is 0.127. The molecule has 2 unspecified atom stereocenters. The highest BCUT2D eigenvalue weighted by atomic mass is 16.3. The Morgan fingerprint density at radius 2 is 1.22 bits per heavy atom. The van der Waals surface area contributed by atoms with E-state index in [9.17, 15) is 0 Å². The highest BCUT2D eigenvalue weighted by Gasteiger charge is 2.33. The van der Waals surface area contributed by atoms with E-state index in [1.807, 2.05) is 0 Å². The van der Waals surface area contributed by atoms with Gasteiger partial charge in [0, 0.05) is 49.8 Å². The highest BCUT2D eigenvalue weighted by molar-refractivity contribution is 6.12. The molecule has 67 heavy (non-hydrogen) atoms. The summed E-state index contributed by atoms with van der Waals surface area (Å²) in [6.45, 7) is 6.58. The zero-order valence-electron chi connectivity index (χ0n) is 38.0. The number of aromatic nitrogens is 1. The number of hydrogen-bond donors (Lipinski definition) is 0. The molecule has 12 rings (SSSR count). The van der Waals surface area contributed by atoms with Crippen LogP contribution in [-0.4, -0.2) is 10.3 Å². The molecule has 0 saturated carbocycles. The van der Waals surface area contributed by atoms with E-state index >= 15 is 0 Å². The first-order valence-electron chi connectivity index (χ1n) is 23.7. The maximum atomic E-state index is 6.76. The Labute approximate surface area is 390 Å². The molecule has 11 aromatic rings. The molecule has 0 amide bonds. The third-order valence-electron chi connectivity index (χ3n) is 14.1. The molecule has 4 nitrogen and oxygen atoms in total. The zero-order valence-corrected chi connectivity index (χ0v) is 38.0. The van der Waals surface area contributed by atoms with E-state index in [4.69, 9.17) is 13.8 Å². The second kappa shape index (κ2) is 16.8. The van der Waals surface area contributed by atoms with E-state index in [1.54, 1.807) is 0 Å². The van der Waals surface area contributed by atoms with Crippen molar-refractivity contribution in [1.82, 2.24) is 4.57 Å². The first-order valence-corrected chi connectivity index (χ1v) is 23.7. The van der Waals surface area contributed by atoms with Crippen LogP contribution in [0.15, 0.2) is 220 Å². The van der Waals surface area contributed by atoms with Gasteiger partial charge in [0.2, 0.25) is 0 Å². The Hall–Kier alpha value is -7.95. The summed E-state index contributed by atoms with van der Waals surface area (Å²) in [7, 11) is 0. The Morgan fingerprint density at radius 1 is 0.582 bits per heavy atom. The molecule has 2 atom stereocenters. The lowest BCUT2D eigenvalue weighted by Crippen LogP contribution is -2.19. The minimum Gasteiger partial charge on any atom is -0.461 e. The van der Waals surface area contributed by atoms with Gasteiger partial charge in [-0.2, -0.15) is 0 Å². The minimum atomic E-state index is -0.184. The largest absolute Gasteiger partial charge is 0.461 e. The number of benzene rings is 8. The van der Waals surface area contributed by atoms with Crippen LogP contribution in [0, 0.1) is 12.8 Å². The van der Waals surface area contributed by atoms with Crippen LogP contribution < -0.4 is 0 Å². The van der Waals surface area contributed by atoms with Gasteiger partial charge in [0.1, 0.15) is 22.5 Å². The van der Waals surface area contributed by atoms with Crippen molar-refractivity contribution in [2.24, 2.45) is 10.9 Å². The number of aryl methyl sites for hydroxylation is 1. The zero-order chi connectivity index (χ0) is 45.0. The van der Waals surface area contributed by atoms with Crippen LogP contribution in [0.3, 0.4) is 0 Å². The summed E-state index contributed by atoms with van der Waals surface area (Å²) >= 11 is 0. The molecule has 0 N–H and O–H groups in total. The third-order valence-corrected chi connectivity index (χ3v) is 14.1. The molecule has 0 fully saturated rings. The van der Waals surface area contributed by atoms with Gasteiger partial charge in [-0.3, -0.25) is 4.99 Å². The van der Waals surface area contributed by atoms with Crippen LogP contribution in [0.5, 0.6) is 0 Å². The van der Waals surface area contributed by atoms with Crippen molar-refractivity contribution in [3.63, 3.8) is 0 Å². The Morgan fingerprint density at radius 3 is 2.03 bits per heavy atom. The second-order valence-corrected chi connectivity index (χ2v) is 17.9. The standard InChI is InChI=1S/C63H50N2O2/c1-4-47(61-40(3)66-58-31-15-13-26-51(58)61)49-27-17-29-55(42-21-10-7-11-22-42)64-63(48(49)5-2)52-28-18-32-60-62(52)54-39-45(34-36-59(54)67-60)44-33-35-57-53(38-44)50-25-12-14-30-56(50)65(57)46-24-16-23-43(37-46)41-19-8-6-9-20-41/h4,6-16,18-28,30-39,48,63H,5,17,29H2,1-3H3/b47-4-,49-27?,64-55?. The topological polar surface area (TPSA) is 43.6 Å². The van der Waals surface area contributed by atoms with Gasteiger partial charge in [-0.25, -0.2) is 0 Å². The molecule has 0 aliphatic carbocycles. The van der Waals surface area contributed by atoms with E-state index in [-0.39, 0.29) is 12.0 Å². The summed E-state index contributed by atoms with van der Waals surface area (Å²) in [4.78, 5) is 5.87. The normalized spacial score (nSPS) is 15.9. The summed E-state index contributed by atoms with van der Waals surface area (Å²) in [5.74, 6) is 1.01. The summed E-state index contributed by atoms with van der Waals surface area (Å²) in [6.07, 6.45) is 7.41. The molecule has 3 aromatic heterocycles. The molecule has 1 aliphatic heterocycles. The van der Waals surface area contributed by atoms with Gasteiger partial charge in [0.15, 0.2) is 0 Å². The Bertz CT molecular complexity index is 3760. The van der Waals surface area contributed by atoms with Gasteiger partial charge in [0.25, 0.3) is 0 Å². The van der Waals surface area contributed by atoms with Crippen molar-refractivity contribution < 1.29 is 8.83 Å². The molecular weight excluding hydrogens is 817 g/mol. The van der Waals surface area contributed by atoms with E-state index in [0.29, 0.717) is 0 Å². The van der Waals surface area contributed by atoms with Gasteiger partial charge >= 0.3 is 0 Å². The van der Waals surface area contributed by atoms with Gasteiger partial charge in [-0.1, -0.05) is 153 Å². The van der Waals surface area contributed by atoms with E-state index in [2.05, 4.69) is 226 Å². The van der Waals surface area contributed by atoms with Gasteiger partial charge in [0.05, 0.1) is 17.1 Å². The first-order chi connectivity index (χ1) is 33.1. The molecule has 1 aliphatic rings. The number of hydrogen-bond acceptors (Lipinski definition) is 3. The average Bonchev–Trinajstić information content (AvgIpc) is 4.03. The van der Waals surface area contributed by atoms with Crippen molar-refractivity contribution in [2.75, 3.05) is 0 Å². The smallest absolute Gasteiger partial charge is 0.135 e. The molecule has 0 radical (unpaired) electrons. The molecule has 324 valence electrons. The van der Waals surface area contributed by atoms with Crippen LogP contribution in [0.1, 0.15) is 61.6 Å². The average molecular weight is 867 g/mol. The number of aliphatic imine (C=N–C) groups is 1. The summed E-state index contributed by atoms with van der Waals surface area (Å²) in [5, 5.41) is 5.82. The summed E-state index contributed by atoms with van der Waals surface area (Å²) in [5.41, 5.74) is 18.1. The minimum absolute atomic E-state index is 0.0742. The molecular formula is C63H50N2O2. The number of nitrogens with zero attached hydrogens (tertiary/aromatic N) is 2. The molecule has 8 aromatic carbocycles. The van der Waals surface area contributed by atoms with Crippen molar-refractivity contribution in [3.05, 3.63) is 228 Å². The number of furan rings is 2. The van der Waals surface area contributed by atoms with Gasteiger partial charge < -0.3 is 13.4 Å². The van der Waals surface area contributed by atoms with Crippen LogP contribution >= 0.6 is 0 Å². The molecule has 0 saturated heterocycles. The SMILES string of the molecule is C/C=C(/C1=CCCC(c2ccccc2)=NC(c2cccc3oc4ccc(-c5ccc6c(c5)c5ccccc5n6-c5cccc(-c6ccccc6)c5)cc4c23)C1CC)c1c(C)oc2ccccc12. The fourth-order valence-corrected chi connectivity index (χ4v) is 11.0. The maximum Gasteiger partial charge on any atom is 0.135 e. The van der Waals surface area contributed by atoms with Crippen LogP contribution in [0.4, 0.5) is 0 Å².